The molecule has 0 radical (unpaired) electrons. The third-order valence-electron chi connectivity index (χ3n) is 8.61. The van der Waals surface area contributed by atoms with Crippen LogP contribution in [0.2, 0.25) is 0 Å². The molecule has 10 heteroatoms. The van der Waals surface area contributed by atoms with Gasteiger partial charge in [0.05, 0.1) is 19.5 Å². The number of aryl methyl sites for hydroxylation is 1. The molecule has 5 aromatic rings. The highest BCUT2D eigenvalue weighted by molar-refractivity contribution is 5.98. The summed E-state index contributed by atoms with van der Waals surface area (Å²) in [6.45, 7) is 1.86. The van der Waals surface area contributed by atoms with Crippen LogP contribution in [0.5, 0.6) is 5.75 Å². The molecule has 1 aromatic heterocycles. The van der Waals surface area contributed by atoms with Gasteiger partial charge in [-0.3, -0.25) is 4.79 Å². The van der Waals surface area contributed by atoms with E-state index in [1.165, 1.54) is 7.11 Å². The Labute approximate surface area is 286 Å². The second-order valence-electron chi connectivity index (χ2n) is 11.9. The summed E-state index contributed by atoms with van der Waals surface area (Å²) in [5.41, 5.74) is 4.46. The lowest BCUT2D eigenvalue weighted by Crippen LogP contribution is -2.48. The largest absolute Gasteiger partial charge is 0.491 e. The molecule has 0 spiro atoms. The minimum absolute atomic E-state index is 0.0241. The average Bonchev–Trinajstić information content (AvgIpc) is 3.70. The summed E-state index contributed by atoms with van der Waals surface area (Å²) >= 11 is 0. The maximum absolute atomic E-state index is 14.1. The van der Waals surface area contributed by atoms with E-state index < -0.39 is 18.1 Å². The Bertz CT molecular complexity index is 1730. The molecule has 49 heavy (non-hydrogen) atoms. The SMILES string of the molecule is COC(=O)N[C@H](C(=O)Nc1ccccc1CC[C@@H]1CNC[C@@H](COc2ccc(-n3ccnc3)cc2)O1)C(c1ccccc1)c1ccccc1. The van der Waals surface area contributed by atoms with Crippen LogP contribution in [0.15, 0.2) is 128 Å². The molecule has 3 N–H and O–H groups in total. The van der Waals surface area contributed by atoms with E-state index in [2.05, 4.69) is 20.9 Å². The van der Waals surface area contributed by atoms with Gasteiger partial charge in [0.2, 0.25) is 5.91 Å². The van der Waals surface area contributed by atoms with Crippen molar-refractivity contribution in [3.8, 4) is 11.4 Å². The number of hydrogen-bond acceptors (Lipinski definition) is 7. The van der Waals surface area contributed by atoms with Crippen LogP contribution >= 0.6 is 0 Å². The summed E-state index contributed by atoms with van der Waals surface area (Å²) in [5, 5.41) is 9.40. The fourth-order valence-electron chi connectivity index (χ4n) is 6.13. The summed E-state index contributed by atoms with van der Waals surface area (Å²) < 4.78 is 19.3. The van der Waals surface area contributed by atoms with Crippen LogP contribution < -0.4 is 20.7 Å². The Morgan fingerprint density at radius 2 is 1.57 bits per heavy atom. The van der Waals surface area contributed by atoms with Gasteiger partial charge in [0.1, 0.15) is 24.5 Å². The molecular weight excluding hydrogens is 618 g/mol. The van der Waals surface area contributed by atoms with Crippen LogP contribution in [-0.2, 0) is 20.7 Å². The monoisotopic (exact) mass is 659 g/mol. The average molecular weight is 660 g/mol. The molecule has 0 unspecified atom stereocenters. The highest BCUT2D eigenvalue weighted by Crippen LogP contribution is 2.30. The van der Waals surface area contributed by atoms with Crippen LogP contribution in [0, 0.1) is 0 Å². The molecule has 4 aromatic carbocycles. The molecular formula is C39H41N5O5. The summed E-state index contributed by atoms with van der Waals surface area (Å²) in [6.07, 6.45) is 6.03. The van der Waals surface area contributed by atoms with Crippen molar-refractivity contribution in [3.63, 3.8) is 0 Å². The summed E-state index contributed by atoms with van der Waals surface area (Å²) in [5.74, 6) is -0.0217. The topological polar surface area (TPSA) is 116 Å². The lowest BCUT2D eigenvalue weighted by molar-refractivity contribution is -0.118. The van der Waals surface area contributed by atoms with E-state index in [4.69, 9.17) is 14.2 Å². The first-order valence-electron chi connectivity index (χ1n) is 16.5. The summed E-state index contributed by atoms with van der Waals surface area (Å²) in [4.78, 5) is 30.7. The van der Waals surface area contributed by atoms with Crippen molar-refractivity contribution in [2.75, 3.05) is 32.1 Å². The fourth-order valence-corrected chi connectivity index (χ4v) is 6.13. The minimum Gasteiger partial charge on any atom is -0.491 e. The summed E-state index contributed by atoms with van der Waals surface area (Å²) in [6, 6.07) is 34.1. The highest BCUT2D eigenvalue weighted by Gasteiger charge is 2.33. The number of rotatable bonds is 13. The number of nitrogens with zero attached hydrogens (tertiary/aromatic N) is 2. The molecule has 252 valence electrons. The van der Waals surface area contributed by atoms with E-state index in [9.17, 15) is 9.59 Å². The molecule has 0 saturated carbocycles. The van der Waals surface area contributed by atoms with E-state index in [0.29, 0.717) is 25.3 Å². The van der Waals surface area contributed by atoms with Gasteiger partial charge in [0.15, 0.2) is 0 Å². The van der Waals surface area contributed by atoms with Crippen molar-refractivity contribution in [1.29, 1.82) is 0 Å². The van der Waals surface area contributed by atoms with Gasteiger partial charge < -0.3 is 34.7 Å². The van der Waals surface area contributed by atoms with Crippen molar-refractivity contribution in [1.82, 2.24) is 20.2 Å². The first-order chi connectivity index (χ1) is 24.1. The second-order valence-corrected chi connectivity index (χ2v) is 11.9. The normalized spacial score (nSPS) is 16.4. The number of morpholine rings is 1. The van der Waals surface area contributed by atoms with Crippen LogP contribution in [0.3, 0.4) is 0 Å². The van der Waals surface area contributed by atoms with Gasteiger partial charge in [-0.25, -0.2) is 9.78 Å². The molecule has 1 aliphatic heterocycles. The number of ether oxygens (including phenoxy) is 3. The maximum Gasteiger partial charge on any atom is 0.407 e. The number of hydrogen-bond donors (Lipinski definition) is 3. The molecule has 0 aliphatic carbocycles. The predicted octanol–water partition coefficient (Wildman–Crippen LogP) is 5.74. The van der Waals surface area contributed by atoms with Gasteiger partial charge in [0, 0.05) is 42.8 Å². The number of para-hydroxylation sites is 1. The number of anilines is 1. The molecule has 0 bridgehead atoms. The zero-order valence-electron chi connectivity index (χ0n) is 27.4. The Morgan fingerprint density at radius 1 is 0.898 bits per heavy atom. The van der Waals surface area contributed by atoms with Crippen LogP contribution in [0.1, 0.15) is 29.0 Å². The van der Waals surface area contributed by atoms with Gasteiger partial charge in [-0.2, -0.15) is 0 Å². The van der Waals surface area contributed by atoms with Crippen molar-refractivity contribution in [2.24, 2.45) is 0 Å². The molecule has 2 heterocycles. The van der Waals surface area contributed by atoms with Crippen molar-refractivity contribution >= 4 is 17.7 Å². The number of benzene rings is 4. The zero-order chi connectivity index (χ0) is 33.8. The number of aromatic nitrogens is 2. The molecule has 1 aliphatic rings. The summed E-state index contributed by atoms with van der Waals surface area (Å²) in [7, 11) is 1.29. The smallest absolute Gasteiger partial charge is 0.407 e. The number of alkyl carbamates (subject to hydrolysis) is 1. The van der Waals surface area contributed by atoms with Crippen LogP contribution in [0.25, 0.3) is 5.69 Å². The standard InChI is InChI=1S/C39H41N5O5/c1-47-39(46)43-37(36(29-11-4-2-5-12-29)30-13-6-3-7-14-30)38(45)42-35-15-9-8-10-28(35)16-19-33-24-41-25-34(49-33)26-48-32-20-17-31(18-21-32)44-23-22-40-27-44/h2-15,17-18,20-23,27,33-34,36-37,41H,16,19,24-26H2,1H3,(H,42,45)(H,43,46)/t33-,34+,37+/m1/s1. The van der Waals surface area contributed by atoms with Crippen LogP contribution in [-0.4, -0.2) is 66.6 Å². The number of amides is 2. The van der Waals surface area contributed by atoms with Crippen LogP contribution in [0.4, 0.5) is 10.5 Å². The number of nitrogens with one attached hydrogen (secondary N) is 3. The molecule has 1 fully saturated rings. The van der Waals surface area contributed by atoms with Gasteiger partial charge in [-0.15, -0.1) is 0 Å². The number of methoxy groups -OCH3 is 1. The van der Waals surface area contributed by atoms with Crippen molar-refractivity contribution in [2.45, 2.75) is 37.0 Å². The van der Waals surface area contributed by atoms with Gasteiger partial charge >= 0.3 is 6.09 Å². The van der Waals surface area contributed by atoms with Gasteiger partial charge in [-0.1, -0.05) is 78.9 Å². The Balaban J connectivity index is 1.09. The minimum atomic E-state index is -0.945. The number of imidazole rings is 1. The van der Waals surface area contributed by atoms with Gasteiger partial charge in [0.25, 0.3) is 0 Å². The first kappa shape index (κ1) is 33.5. The Kier molecular flexibility index (Phi) is 11.3. The first-order valence-corrected chi connectivity index (χ1v) is 16.5. The molecule has 2 amide bonds. The number of carbonyl (C=O) groups excluding carboxylic acids is 2. The van der Waals surface area contributed by atoms with E-state index in [0.717, 1.165) is 41.1 Å². The lowest BCUT2D eigenvalue weighted by atomic mass is 9.84. The quantitative estimate of drug-likeness (QED) is 0.148. The van der Waals surface area contributed by atoms with Crippen molar-refractivity contribution in [3.05, 3.63) is 145 Å². The third-order valence-corrected chi connectivity index (χ3v) is 8.61. The molecule has 1 saturated heterocycles. The second kappa shape index (κ2) is 16.6. The van der Waals surface area contributed by atoms with E-state index >= 15 is 0 Å². The molecule has 10 nitrogen and oxygen atoms in total. The fraction of sp³-hybridized carbons (Fsp3) is 0.256. The highest BCUT2D eigenvalue weighted by atomic mass is 16.5. The Hall–Kier alpha value is -5.45. The zero-order valence-corrected chi connectivity index (χ0v) is 27.4. The molecule has 3 atom stereocenters. The number of carbonyl (C=O) groups is 2. The maximum atomic E-state index is 14.1. The predicted molar refractivity (Wildman–Crippen MR) is 188 cm³/mol. The van der Waals surface area contributed by atoms with E-state index in [1.807, 2.05) is 120 Å². The third kappa shape index (κ3) is 8.92. The Morgan fingerprint density at radius 3 is 2.24 bits per heavy atom. The van der Waals surface area contributed by atoms with E-state index in [1.54, 1.807) is 12.5 Å². The van der Waals surface area contributed by atoms with Crippen molar-refractivity contribution < 1.29 is 23.8 Å². The van der Waals surface area contributed by atoms with E-state index in [-0.39, 0.29) is 18.1 Å². The molecule has 6 rings (SSSR count). The van der Waals surface area contributed by atoms with Gasteiger partial charge in [-0.05, 0) is 59.9 Å². The lowest BCUT2D eigenvalue weighted by Gasteiger charge is -2.31.